The summed E-state index contributed by atoms with van der Waals surface area (Å²) in [5, 5.41) is 3.58. The van der Waals surface area contributed by atoms with Crippen molar-refractivity contribution >= 4 is 18.0 Å². The predicted molar refractivity (Wildman–Crippen MR) is 60.9 cm³/mol. The highest BCUT2D eigenvalue weighted by Crippen LogP contribution is 2.03. The van der Waals surface area contributed by atoms with Crippen LogP contribution in [-0.2, 0) is 14.4 Å². The van der Waals surface area contributed by atoms with Gasteiger partial charge in [0.05, 0.1) is 6.21 Å². The van der Waals surface area contributed by atoms with E-state index in [4.69, 9.17) is 4.84 Å². The molecule has 0 saturated carbocycles. The number of imide groups is 1. The summed E-state index contributed by atoms with van der Waals surface area (Å²) in [4.78, 5) is 28.0. The summed E-state index contributed by atoms with van der Waals surface area (Å²) >= 11 is 0. The highest BCUT2D eigenvalue weighted by Gasteiger charge is 2.23. The number of halogens is 1. The maximum absolute atomic E-state index is 12.6. The van der Waals surface area contributed by atoms with Gasteiger partial charge >= 0.3 is 0 Å². The lowest BCUT2D eigenvalue weighted by atomic mass is 10.2. The molecule has 1 aromatic rings. The molecular weight excluding hydrogens is 238 g/mol. The molecule has 0 aliphatic carbocycles. The molecular formula is C12H9FN2O3. The van der Waals surface area contributed by atoms with E-state index in [1.165, 1.54) is 30.5 Å². The van der Waals surface area contributed by atoms with Crippen LogP contribution in [0.1, 0.15) is 5.56 Å². The SMILES string of the molecule is O=C1C=CC(=O)N1CO/N=C/c1ccc([18F])cc1. The Labute approximate surface area is 102 Å². The van der Waals surface area contributed by atoms with Crippen molar-refractivity contribution in [1.82, 2.24) is 4.90 Å². The van der Waals surface area contributed by atoms with E-state index in [0.717, 1.165) is 17.1 Å². The molecule has 0 atom stereocenters. The summed E-state index contributed by atoms with van der Waals surface area (Å²) in [6.45, 7) is -0.248. The minimum atomic E-state index is -0.433. The topological polar surface area (TPSA) is 59.0 Å². The Morgan fingerprint density at radius 2 is 1.78 bits per heavy atom. The minimum absolute atomic E-state index is 0.248. The molecule has 1 aliphatic rings. The number of carbonyl (C=O) groups excluding carboxylic acids is 2. The van der Waals surface area contributed by atoms with Gasteiger partial charge in [-0.05, 0) is 17.7 Å². The first-order chi connectivity index (χ1) is 8.66. The molecule has 0 spiro atoms. The van der Waals surface area contributed by atoms with Crippen LogP contribution in [0.4, 0.5) is 4.39 Å². The van der Waals surface area contributed by atoms with Crippen molar-refractivity contribution in [1.29, 1.82) is 0 Å². The first-order valence-corrected chi connectivity index (χ1v) is 5.11. The Kier molecular flexibility index (Phi) is 3.47. The van der Waals surface area contributed by atoms with Crippen molar-refractivity contribution in [2.24, 2.45) is 5.16 Å². The lowest BCUT2D eigenvalue weighted by Gasteiger charge is -2.10. The fourth-order valence-corrected chi connectivity index (χ4v) is 1.30. The van der Waals surface area contributed by atoms with E-state index >= 15 is 0 Å². The number of rotatable bonds is 4. The van der Waals surface area contributed by atoms with Gasteiger partial charge in [0.15, 0.2) is 6.73 Å². The third kappa shape index (κ3) is 2.79. The van der Waals surface area contributed by atoms with Gasteiger partial charge in [0.2, 0.25) is 0 Å². The van der Waals surface area contributed by atoms with Gasteiger partial charge in [-0.3, -0.25) is 9.59 Å². The van der Waals surface area contributed by atoms with Crippen molar-refractivity contribution in [3.8, 4) is 0 Å². The van der Waals surface area contributed by atoms with Gasteiger partial charge in [0, 0.05) is 12.2 Å². The van der Waals surface area contributed by atoms with Crippen LogP contribution in [-0.4, -0.2) is 29.7 Å². The number of hydrogen-bond donors (Lipinski definition) is 0. The molecule has 0 aromatic heterocycles. The van der Waals surface area contributed by atoms with Gasteiger partial charge in [-0.25, -0.2) is 9.29 Å². The second kappa shape index (κ2) is 5.22. The fraction of sp³-hybridized carbons (Fsp3) is 0.0833. The summed E-state index contributed by atoms with van der Waals surface area (Å²) in [7, 11) is 0. The Morgan fingerprint density at radius 1 is 1.17 bits per heavy atom. The Hall–Kier alpha value is -2.50. The maximum Gasteiger partial charge on any atom is 0.256 e. The highest BCUT2D eigenvalue weighted by atomic mass is 18.2. The molecule has 92 valence electrons. The maximum atomic E-state index is 12.6. The lowest BCUT2D eigenvalue weighted by Crippen LogP contribution is -2.31. The van der Waals surface area contributed by atoms with Gasteiger partial charge in [0.1, 0.15) is 5.82 Å². The second-order valence-electron chi connectivity index (χ2n) is 3.48. The number of benzene rings is 1. The average Bonchev–Trinajstić information content (AvgIpc) is 2.68. The third-order valence-electron chi connectivity index (χ3n) is 2.23. The smallest absolute Gasteiger partial charge is 0.256 e. The van der Waals surface area contributed by atoms with E-state index in [2.05, 4.69) is 5.16 Å². The van der Waals surface area contributed by atoms with E-state index in [9.17, 15) is 14.0 Å². The Balaban J connectivity index is 1.84. The number of oxime groups is 1. The summed E-state index contributed by atoms with van der Waals surface area (Å²) in [5.74, 6) is -1.21. The molecule has 1 aromatic carbocycles. The highest BCUT2D eigenvalue weighted by molar-refractivity contribution is 6.12. The fourth-order valence-electron chi connectivity index (χ4n) is 1.30. The number of amides is 2. The quantitative estimate of drug-likeness (QED) is 0.454. The summed E-state index contributed by atoms with van der Waals surface area (Å²) in [6, 6.07) is 5.63. The van der Waals surface area contributed by atoms with Crippen molar-refractivity contribution < 1.29 is 18.8 Å². The molecule has 0 N–H and O–H groups in total. The molecule has 1 heterocycles. The molecule has 0 saturated heterocycles. The zero-order valence-electron chi connectivity index (χ0n) is 9.25. The summed E-state index contributed by atoms with van der Waals surface area (Å²) < 4.78 is 12.6. The molecule has 6 heteroatoms. The molecule has 0 fully saturated rings. The molecule has 0 radical (unpaired) electrons. The van der Waals surface area contributed by atoms with Crippen molar-refractivity contribution in [2.75, 3.05) is 6.73 Å². The van der Waals surface area contributed by atoms with Crippen LogP contribution in [0.3, 0.4) is 0 Å². The van der Waals surface area contributed by atoms with Crippen LogP contribution in [0.15, 0.2) is 41.6 Å². The van der Waals surface area contributed by atoms with E-state index in [1.807, 2.05) is 0 Å². The molecule has 1 aliphatic heterocycles. The van der Waals surface area contributed by atoms with Gasteiger partial charge in [0.25, 0.3) is 11.8 Å². The molecule has 0 unspecified atom stereocenters. The molecule has 2 rings (SSSR count). The monoisotopic (exact) mass is 247 g/mol. The van der Waals surface area contributed by atoms with Crippen LogP contribution in [0, 0.1) is 5.82 Å². The van der Waals surface area contributed by atoms with E-state index in [-0.39, 0.29) is 12.5 Å². The third-order valence-corrected chi connectivity index (χ3v) is 2.23. The predicted octanol–water partition coefficient (Wildman–Crippen LogP) is 1.06. The first-order valence-electron chi connectivity index (χ1n) is 5.11. The molecule has 18 heavy (non-hydrogen) atoms. The van der Waals surface area contributed by atoms with E-state index in [0.29, 0.717) is 5.56 Å². The van der Waals surface area contributed by atoms with Crippen molar-refractivity contribution in [2.45, 2.75) is 0 Å². The van der Waals surface area contributed by atoms with Gasteiger partial charge in [-0.1, -0.05) is 17.3 Å². The normalized spacial score (nSPS) is 14.8. The largest absolute Gasteiger partial charge is 0.373 e. The molecule has 0 bridgehead atoms. The van der Waals surface area contributed by atoms with Crippen LogP contribution < -0.4 is 0 Å². The zero-order chi connectivity index (χ0) is 13.0. The number of hydrogen-bond acceptors (Lipinski definition) is 4. The Morgan fingerprint density at radius 3 is 2.39 bits per heavy atom. The average molecular weight is 247 g/mol. The van der Waals surface area contributed by atoms with Crippen LogP contribution >= 0.6 is 0 Å². The van der Waals surface area contributed by atoms with Crippen LogP contribution in [0.25, 0.3) is 0 Å². The first kappa shape index (κ1) is 12.0. The Bertz CT molecular complexity index is 505. The van der Waals surface area contributed by atoms with Gasteiger partial charge in [-0.2, -0.15) is 0 Å². The van der Waals surface area contributed by atoms with E-state index in [1.54, 1.807) is 0 Å². The minimum Gasteiger partial charge on any atom is -0.373 e. The summed E-state index contributed by atoms with van der Waals surface area (Å²) in [5.41, 5.74) is 0.647. The zero-order valence-corrected chi connectivity index (χ0v) is 9.25. The van der Waals surface area contributed by atoms with Crippen LogP contribution in [0.2, 0.25) is 0 Å². The van der Waals surface area contributed by atoms with Gasteiger partial charge in [-0.15, -0.1) is 0 Å². The number of carbonyl (C=O) groups is 2. The molecule has 2 amide bonds. The van der Waals surface area contributed by atoms with Crippen molar-refractivity contribution in [3.63, 3.8) is 0 Å². The van der Waals surface area contributed by atoms with Crippen LogP contribution in [0.5, 0.6) is 0 Å². The van der Waals surface area contributed by atoms with Gasteiger partial charge < -0.3 is 4.84 Å². The second-order valence-corrected chi connectivity index (χ2v) is 3.48. The molecule has 5 nitrogen and oxygen atoms in total. The number of nitrogens with zero attached hydrogens (tertiary/aromatic N) is 2. The summed E-state index contributed by atoms with van der Waals surface area (Å²) in [6.07, 6.45) is 3.68. The van der Waals surface area contributed by atoms with E-state index < -0.39 is 11.8 Å². The van der Waals surface area contributed by atoms with Crippen molar-refractivity contribution in [3.05, 3.63) is 47.8 Å². The standard InChI is InChI=1S/C12H9FN2O3/c13-10-3-1-9(2-4-10)7-14-18-8-15-11(16)5-6-12(15)17/h1-7H,8H2/b14-7+/i13-1. The lowest BCUT2D eigenvalue weighted by molar-refractivity contribution is -0.142.